The Morgan fingerprint density at radius 1 is 1.26 bits per heavy atom. The van der Waals surface area contributed by atoms with Crippen LogP contribution in [-0.4, -0.2) is 45.3 Å². The first-order chi connectivity index (χ1) is 12.9. The number of likely N-dealkylation sites (N-methyl/N-ethyl adjacent to an activating group) is 1. The van der Waals surface area contributed by atoms with Gasteiger partial charge in [0.05, 0.1) is 21.6 Å². The lowest BCUT2D eigenvalue weighted by Gasteiger charge is -2.30. The molecular formula is C18H20ClN3O3S2. The molecule has 27 heavy (non-hydrogen) atoms. The molecule has 9 heteroatoms. The molecule has 1 N–H and O–H groups in total. The Morgan fingerprint density at radius 3 is 2.70 bits per heavy atom. The number of hydrogen-bond acceptors (Lipinski definition) is 5. The lowest BCUT2D eigenvalue weighted by Crippen LogP contribution is -2.42. The van der Waals surface area contributed by atoms with Gasteiger partial charge in [-0.2, -0.15) is 4.31 Å². The number of nitrogens with one attached hydrogen (secondary N) is 1. The number of sulfonamides is 1. The van der Waals surface area contributed by atoms with Crippen LogP contribution in [-0.2, 0) is 10.0 Å². The average Bonchev–Trinajstić information content (AvgIpc) is 3.32. The molecule has 144 valence electrons. The Hall–Kier alpha value is -1.61. The van der Waals surface area contributed by atoms with Gasteiger partial charge in [-0.3, -0.25) is 4.79 Å². The second kappa shape index (κ2) is 7.09. The Kier molecular flexibility index (Phi) is 4.92. The average molecular weight is 426 g/mol. The molecule has 1 saturated heterocycles. The molecule has 2 aliphatic heterocycles. The zero-order chi connectivity index (χ0) is 19.2. The molecule has 3 heterocycles. The van der Waals surface area contributed by atoms with Gasteiger partial charge in [-0.05, 0) is 42.5 Å². The number of fused-ring (bicyclic) bond motifs is 1. The van der Waals surface area contributed by atoms with Gasteiger partial charge in [0, 0.05) is 37.1 Å². The van der Waals surface area contributed by atoms with Crippen LogP contribution >= 0.6 is 22.9 Å². The van der Waals surface area contributed by atoms with E-state index >= 15 is 0 Å². The number of nitrogens with zero attached hydrogens (tertiary/aromatic N) is 2. The number of carbonyl (C=O) groups excluding carboxylic acids is 1. The zero-order valence-electron chi connectivity index (χ0n) is 14.8. The Balaban J connectivity index is 1.55. The molecule has 1 amide bonds. The van der Waals surface area contributed by atoms with Gasteiger partial charge in [-0.15, -0.1) is 11.3 Å². The maximum absolute atomic E-state index is 12.8. The van der Waals surface area contributed by atoms with Gasteiger partial charge in [0.15, 0.2) is 0 Å². The van der Waals surface area contributed by atoms with E-state index in [0.29, 0.717) is 15.5 Å². The molecule has 0 bridgehead atoms. The van der Waals surface area contributed by atoms with Crippen molar-refractivity contribution in [3.63, 3.8) is 0 Å². The molecule has 1 fully saturated rings. The maximum atomic E-state index is 12.8. The van der Waals surface area contributed by atoms with Crippen molar-refractivity contribution in [2.24, 2.45) is 0 Å². The molecule has 0 saturated carbocycles. The van der Waals surface area contributed by atoms with Crippen molar-refractivity contribution in [1.29, 1.82) is 0 Å². The minimum Gasteiger partial charge on any atom is -0.370 e. The van der Waals surface area contributed by atoms with Gasteiger partial charge in [0.1, 0.15) is 0 Å². The first-order valence-corrected chi connectivity index (χ1v) is 11.5. The number of halogens is 1. The molecule has 0 spiro atoms. The van der Waals surface area contributed by atoms with E-state index < -0.39 is 10.0 Å². The summed E-state index contributed by atoms with van der Waals surface area (Å²) < 4.78 is 26.0. The van der Waals surface area contributed by atoms with Crippen LogP contribution in [0.2, 0.25) is 5.02 Å². The van der Waals surface area contributed by atoms with Crippen molar-refractivity contribution in [2.75, 3.05) is 31.6 Å². The second-order valence-corrected chi connectivity index (χ2v) is 10.2. The highest BCUT2D eigenvalue weighted by Crippen LogP contribution is 2.36. The van der Waals surface area contributed by atoms with Crippen molar-refractivity contribution < 1.29 is 13.2 Å². The van der Waals surface area contributed by atoms with Crippen LogP contribution in [0.3, 0.4) is 0 Å². The van der Waals surface area contributed by atoms with E-state index in [1.165, 1.54) is 22.7 Å². The minimum absolute atomic E-state index is 0.210. The largest absolute Gasteiger partial charge is 0.370 e. The van der Waals surface area contributed by atoms with Gasteiger partial charge < -0.3 is 10.2 Å². The predicted molar refractivity (Wildman–Crippen MR) is 107 cm³/mol. The number of thiophene rings is 1. The van der Waals surface area contributed by atoms with Gasteiger partial charge in [0.25, 0.3) is 5.91 Å². The molecule has 2 aromatic rings. The fourth-order valence-electron chi connectivity index (χ4n) is 3.60. The molecule has 6 nitrogen and oxygen atoms in total. The highest BCUT2D eigenvalue weighted by Gasteiger charge is 2.36. The predicted octanol–water partition coefficient (Wildman–Crippen LogP) is 3.11. The summed E-state index contributed by atoms with van der Waals surface area (Å²) in [6.07, 6.45) is 2.31. The van der Waals surface area contributed by atoms with Crippen LogP contribution in [0.25, 0.3) is 0 Å². The van der Waals surface area contributed by atoms with Gasteiger partial charge in [-0.1, -0.05) is 11.6 Å². The Labute approximate surface area is 167 Å². The quantitative estimate of drug-likeness (QED) is 0.820. The summed E-state index contributed by atoms with van der Waals surface area (Å²) in [7, 11) is -1.94. The monoisotopic (exact) mass is 425 g/mol. The summed E-state index contributed by atoms with van der Waals surface area (Å²) in [6, 6.07) is 6.55. The smallest absolute Gasteiger partial charge is 0.251 e. The summed E-state index contributed by atoms with van der Waals surface area (Å²) >= 11 is 7.76. The maximum Gasteiger partial charge on any atom is 0.251 e. The minimum atomic E-state index is -3.47. The van der Waals surface area contributed by atoms with E-state index in [9.17, 15) is 13.2 Å². The summed E-state index contributed by atoms with van der Waals surface area (Å²) in [5, 5.41) is 5.25. The SMILES string of the molecule is CN1CC(NC(=O)c2ccc(N3CCCC3)c(Cl)c2)c2sccc2S1(=O)=O. The lowest BCUT2D eigenvalue weighted by atomic mass is 10.1. The first kappa shape index (κ1) is 18.7. The van der Waals surface area contributed by atoms with E-state index in [2.05, 4.69) is 10.2 Å². The highest BCUT2D eigenvalue weighted by molar-refractivity contribution is 7.89. The lowest BCUT2D eigenvalue weighted by molar-refractivity contribution is 0.0931. The molecule has 1 unspecified atom stereocenters. The van der Waals surface area contributed by atoms with Crippen LogP contribution < -0.4 is 10.2 Å². The number of benzene rings is 1. The molecule has 2 aliphatic rings. The second-order valence-electron chi connectivity index (χ2n) is 6.82. The van der Waals surface area contributed by atoms with Gasteiger partial charge in [0.2, 0.25) is 10.0 Å². The summed E-state index contributed by atoms with van der Waals surface area (Å²) in [6.45, 7) is 2.17. The summed E-state index contributed by atoms with van der Waals surface area (Å²) in [5.74, 6) is -0.262. The third-order valence-corrected chi connectivity index (χ3v) is 8.41. The molecular weight excluding hydrogens is 406 g/mol. The normalized spacial score (nSPS) is 21.9. The van der Waals surface area contributed by atoms with E-state index in [1.807, 2.05) is 6.07 Å². The Bertz CT molecular complexity index is 983. The number of rotatable bonds is 3. The zero-order valence-corrected chi connectivity index (χ0v) is 17.2. The summed E-state index contributed by atoms with van der Waals surface area (Å²) in [5.41, 5.74) is 1.42. The van der Waals surface area contributed by atoms with Crippen molar-refractivity contribution in [1.82, 2.24) is 9.62 Å². The molecule has 1 atom stereocenters. The van der Waals surface area contributed by atoms with Crippen LogP contribution in [0.5, 0.6) is 0 Å². The van der Waals surface area contributed by atoms with E-state index in [-0.39, 0.29) is 23.4 Å². The topological polar surface area (TPSA) is 69.7 Å². The number of hydrogen-bond donors (Lipinski definition) is 1. The van der Waals surface area contributed by atoms with Crippen molar-refractivity contribution in [3.05, 3.63) is 45.1 Å². The van der Waals surface area contributed by atoms with Gasteiger partial charge in [-0.25, -0.2) is 8.42 Å². The summed E-state index contributed by atoms with van der Waals surface area (Å²) in [4.78, 5) is 15.9. The van der Waals surface area contributed by atoms with Crippen LogP contribution in [0, 0.1) is 0 Å². The van der Waals surface area contributed by atoms with E-state index in [4.69, 9.17) is 11.6 Å². The first-order valence-electron chi connectivity index (χ1n) is 8.77. The van der Waals surface area contributed by atoms with Crippen LogP contribution in [0.4, 0.5) is 5.69 Å². The highest BCUT2D eigenvalue weighted by atomic mass is 35.5. The molecule has 0 aliphatic carbocycles. The van der Waals surface area contributed by atoms with Gasteiger partial charge >= 0.3 is 0 Å². The number of anilines is 1. The molecule has 1 aromatic carbocycles. The number of amides is 1. The standard InChI is InChI=1S/C18H20ClN3O3S2/c1-21-11-14(17-16(6-9-26-17)27(21,24)25)20-18(23)12-4-5-15(13(19)10-12)22-7-2-3-8-22/h4-6,9-10,14H,2-3,7-8,11H2,1H3,(H,20,23). The number of carbonyl (C=O) groups is 1. The Morgan fingerprint density at radius 2 is 2.00 bits per heavy atom. The third-order valence-electron chi connectivity index (χ3n) is 5.06. The van der Waals surface area contributed by atoms with Crippen molar-refractivity contribution >= 4 is 44.6 Å². The molecule has 0 radical (unpaired) electrons. The van der Waals surface area contributed by atoms with Crippen molar-refractivity contribution in [3.8, 4) is 0 Å². The molecule has 4 rings (SSSR count). The van der Waals surface area contributed by atoms with E-state index in [0.717, 1.165) is 31.6 Å². The third kappa shape index (κ3) is 3.35. The van der Waals surface area contributed by atoms with Crippen molar-refractivity contribution in [2.45, 2.75) is 23.8 Å². The van der Waals surface area contributed by atoms with E-state index in [1.54, 1.807) is 23.6 Å². The fraction of sp³-hybridized carbons (Fsp3) is 0.389. The fourth-order valence-corrected chi connectivity index (χ4v) is 6.59. The van der Waals surface area contributed by atoms with Crippen LogP contribution in [0.1, 0.15) is 34.1 Å². The van der Waals surface area contributed by atoms with Crippen LogP contribution in [0.15, 0.2) is 34.5 Å². The molecule has 1 aromatic heterocycles.